The van der Waals surface area contributed by atoms with Gasteiger partial charge >= 0.3 is 0 Å². The molecule has 1 atom stereocenters. The van der Waals surface area contributed by atoms with Gasteiger partial charge in [-0.1, -0.05) is 24.5 Å². The van der Waals surface area contributed by atoms with Gasteiger partial charge in [-0.25, -0.2) is 0 Å². The molecule has 33 heavy (non-hydrogen) atoms. The third kappa shape index (κ3) is 3.54. The number of aryl methyl sites for hydroxylation is 1. The Hall–Kier alpha value is -4.04. The summed E-state index contributed by atoms with van der Waals surface area (Å²) in [6, 6.07) is 13.9. The van der Waals surface area contributed by atoms with E-state index in [0.29, 0.717) is 0 Å². The minimum absolute atomic E-state index is 0. The zero-order valence-corrected chi connectivity index (χ0v) is 19.0. The van der Waals surface area contributed by atoms with E-state index in [0.717, 1.165) is 33.0 Å². The second-order valence-corrected chi connectivity index (χ2v) is 9.27. The standard InChI is InChI=1S/C27H20N2O3S.H2/c1-4-22-21-15-20(32-3)7-8-23(21)29(22)16-27(12-10-25(30)28-26(27)31)11-9-18-5-6-19-13-17(2)33-24(19)14-18;/h5-8,10,12-15H,1,16H2,2-3H3,(H,28,30,31);1H/t27-;/m1./s1. The Kier molecular flexibility index (Phi) is 4.94. The molecular formula is C27H22N2O3S. The van der Waals surface area contributed by atoms with Gasteiger partial charge in [0.1, 0.15) is 11.2 Å². The molecule has 2 aromatic carbocycles. The number of hydrogen-bond donors (Lipinski definition) is 1. The molecule has 3 heterocycles. The van der Waals surface area contributed by atoms with Crippen molar-refractivity contribution in [3.8, 4) is 17.6 Å². The Morgan fingerprint density at radius 3 is 2.82 bits per heavy atom. The number of hydrogen-bond acceptors (Lipinski definition) is 5. The van der Waals surface area contributed by atoms with Gasteiger partial charge in [0.15, 0.2) is 0 Å². The van der Waals surface area contributed by atoms with E-state index in [1.807, 2.05) is 41.3 Å². The van der Waals surface area contributed by atoms with Crippen LogP contribution in [0.3, 0.4) is 0 Å². The van der Waals surface area contributed by atoms with Crippen molar-refractivity contribution in [2.75, 3.05) is 18.6 Å². The fourth-order valence-electron chi connectivity index (χ4n) is 4.13. The van der Waals surface area contributed by atoms with E-state index >= 15 is 0 Å². The highest BCUT2D eigenvalue weighted by Crippen LogP contribution is 2.45. The number of carbonyl (C=O) groups is 2. The largest absolute Gasteiger partial charge is 0.497 e. The highest BCUT2D eigenvalue weighted by molar-refractivity contribution is 7.19. The molecule has 164 valence electrons. The number of ether oxygens (including phenoxy) is 1. The zero-order chi connectivity index (χ0) is 23.2. The third-order valence-corrected chi connectivity index (χ3v) is 6.84. The summed E-state index contributed by atoms with van der Waals surface area (Å²) < 4.78 is 6.46. The number of methoxy groups -OCH3 is 1. The van der Waals surface area contributed by atoms with Crippen LogP contribution in [0.25, 0.3) is 15.8 Å². The molecule has 0 saturated carbocycles. The number of anilines is 1. The summed E-state index contributed by atoms with van der Waals surface area (Å²) in [5.41, 5.74) is 5.19. The van der Waals surface area contributed by atoms with Crippen molar-refractivity contribution < 1.29 is 15.8 Å². The van der Waals surface area contributed by atoms with Gasteiger partial charge in [-0.2, -0.15) is 0 Å². The summed E-state index contributed by atoms with van der Waals surface area (Å²) in [4.78, 5) is 28.1. The van der Waals surface area contributed by atoms with Crippen LogP contribution in [-0.2, 0) is 9.59 Å². The van der Waals surface area contributed by atoms with E-state index in [2.05, 4.69) is 42.5 Å². The van der Waals surface area contributed by atoms with Crippen LogP contribution in [-0.4, -0.2) is 25.5 Å². The molecule has 5 nitrogen and oxygen atoms in total. The predicted octanol–water partition coefficient (Wildman–Crippen LogP) is 4.66. The lowest BCUT2D eigenvalue weighted by molar-refractivity contribution is -0.132. The van der Waals surface area contributed by atoms with E-state index in [1.54, 1.807) is 24.5 Å². The maximum atomic E-state index is 13.1. The Labute approximate surface area is 197 Å². The lowest BCUT2D eigenvalue weighted by atomic mass is 9.82. The fourth-order valence-corrected chi connectivity index (χ4v) is 5.09. The van der Waals surface area contributed by atoms with Crippen LogP contribution in [0.5, 0.6) is 5.75 Å². The zero-order valence-electron chi connectivity index (χ0n) is 18.2. The Balaban J connectivity index is 0.00000274. The lowest BCUT2D eigenvalue weighted by Gasteiger charge is -2.42. The highest BCUT2D eigenvalue weighted by Gasteiger charge is 2.43. The number of nitrogens with one attached hydrogen (secondary N) is 1. The molecule has 0 unspecified atom stereocenters. The Morgan fingerprint density at radius 2 is 2.06 bits per heavy atom. The smallest absolute Gasteiger partial charge is 0.250 e. The van der Waals surface area contributed by atoms with Crippen LogP contribution in [0.2, 0.25) is 0 Å². The first-order chi connectivity index (χ1) is 15.9. The van der Waals surface area contributed by atoms with Crippen molar-refractivity contribution in [1.29, 1.82) is 0 Å². The molecule has 1 aromatic heterocycles. The number of thiophene rings is 1. The molecule has 0 bridgehead atoms. The molecule has 2 aliphatic heterocycles. The summed E-state index contributed by atoms with van der Waals surface area (Å²) in [6.07, 6.45) is 2.96. The lowest BCUT2D eigenvalue weighted by Crippen LogP contribution is -2.52. The van der Waals surface area contributed by atoms with Crippen molar-refractivity contribution in [2.45, 2.75) is 6.92 Å². The third-order valence-electron chi connectivity index (χ3n) is 5.83. The number of imide groups is 1. The first-order valence-corrected chi connectivity index (χ1v) is 11.2. The maximum Gasteiger partial charge on any atom is 0.250 e. The highest BCUT2D eigenvalue weighted by atomic mass is 32.1. The monoisotopic (exact) mass is 454 g/mol. The van der Waals surface area contributed by atoms with Gasteiger partial charge in [-0.3, -0.25) is 14.9 Å². The maximum absolute atomic E-state index is 13.1. The summed E-state index contributed by atoms with van der Waals surface area (Å²) in [5, 5.41) is 3.58. The molecule has 0 radical (unpaired) electrons. The van der Waals surface area contributed by atoms with Crippen LogP contribution >= 0.6 is 11.3 Å². The van der Waals surface area contributed by atoms with E-state index in [-0.39, 0.29) is 7.97 Å². The van der Waals surface area contributed by atoms with E-state index in [4.69, 9.17) is 4.74 Å². The molecule has 1 N–H and O–H groups in total. The van der Waals surface area contributed by atoms with Crippen molar-refractivity contribution in [2.24, 2.45) is 5.41 Å². The average molecular weight is 455 g/mol. The molecule has 6 heteroatoms. The quantitative estimate of drug-likeness (QED) is 0.355. The molecule has 0 aliphatic carbocycles. The summed E-state index contributed by atoms with van der Waals surface area (Å²) in [7, 11) is 1.61. The molecule has 0 spiro atoms. The van der Waals surface area contributed by atoms with E-state index < -0.39 is 17.2 Å². The van der Waals surface area contributed by atoms with Gasteiger partial charge < -0.3 is 9.64 Å². The number of amides is 2. The molecule has 0 fully saturated rings. The number of fused-ring (bicyclic) bond motifs is 2. The Morgan fingerprint density at radius 1 is 1.21 bits per heavy atom. The first kappa shape index (κ1) is 20.8. The minimum atomic E-state index is -1.21. The van der Waals surface area contributed by atoms with Crippen LogP contribution in [0, 0.1) is 24.2 Å². The predicted molar refractivity (Wildman–Crippen MR) is 133 cm³/mol. The molecule has 3 aromatic rings. The number of benzene rings is 2. The van der Waals surface area contributed by atoms with E-state index in [9.17, 15) is 9.59 Å². The van der Waals surface area contributed by atoms with Gasteiger partial charge in [-0.05, 0) is 54.8 Å². The fraction of sp³-hybridized carbons (Fsp3) is 0.148. The number of carbonyl (C=O) groups excluding carboxylic acids is 2. The number of nitrogens with zero attached hydrogens (tertiary/aromatic N) is 1. The average Bonchev–Trinajstić information content (AvgIpc) is 3.17. The second-order valence-electron chi connectivity index (χ2n) is 7.98. The van der Waals surface area contributed by atoms with Gasteiger partial charge in [0.2, 0.25) is 5.91 Å². The molecular weight excluding hydrogens is 432 g/mol. The van der Waals surface area contributed by atoms with Crippen molar-refractivity contribution >= 4 is 44.6 Å². The number of rotatable bonds is 3. The first-order valence-electron chi connectivity index (χ1n) is 10.4. The van der Waals surface area contributed by atoms with Gasteiger partial charge in [0, 0.05) is 28.2 Å². The van der Waals surface area contributed by atoms with Crippen molar-refractivity contribution in [3.63, 3.8) is 0 Å². The molecule has 2 amide bonds. The van der Waals surface area contributed by atoms with Crippen LogP contribution in [0.1, 0.15) is 17.4 Å². The summed E-state index contributed by atoms with van der Waals surface area (Å²) in [6.45, 7) is 6.11. The Bertz CT molecular complexity index is 1490. The van der Waals surface area contributed by atoms with Gasteiger partial charge in [0.05, 0.1) is 25.0 Å². The van der Waals surface area contributed by atoms with Crippen LogP contribution in [0.15, 0.2) is 66.9 Å². The molecule has 5 rings (SSSR count). The second kappa shape index (κ2) is 7.83. The SMILES string of the molecule is C=C=C1c2cc(OC)ccc2N1C[C@@]1(C#Cc2ccc3cc(C)sc3c2)C=CC(=O)NC1=O.[HH]. The summed E-state index contributed by atoms with van der Waals surface area (Å²) in [5.74, 6) is 6.18. The van der Waals surface area contributed by atoms with Gasteiger partial charge in [0.25, 0.3) is 5.91 Å². The van der Waals surface area contributed by atoms with Crippen molar-refractivity contribution in [1.82, 2.24) is 5.32 Å². The minimum Gasteiger partial charge on any atom is -0.497 e. The van der Waals surface area contributed by atoms with E-state index in [1.165, 1.54) is 16.3 Å². The molecule has 0 saturated heterocycles. The summed E-state index contributed by atoms with van der Waals surface area (Å²) >= 11 is 1.71. The topological polar surface area (TPSA) is 58.6 Å². The van der Waals surface area contributed by atoms with Gasteiger partial charge in [-0.15, -0.1) is 17.1 Å². The van der Waals surface area contributed by atoms with Crippen LogP contribution in [0.4, 0.5) is 5.69 Å². The molecule has 2 aliphatic rings. The van der Waals surface area contributed by atoms with Crippen LogP contribution < -0.4 is 15.0 Å². The van der Waals surface area contributed by atoms with Crippen molar-refractivity contribution in [3.05, 3.63) is 82.9 Å². The normalized spacial score (nSPS) is 18.7.